The van der Waals surface area contributed by atoms with Crippen LogP contribution in [0, 0.1) is 47.3 Å². The lowest BCUT2D eigenvalue weighted by molar-refractivity contribution is -0.152. The molecule has 0 saturated carbocycles. The number of Topliss-reactive ketones (excluding diaryl/α,β-unsaturated/α-hetero) is 1. The maximum absolute atomic E-state index is 11.1. The number of carbonyl (C=O) groups is 5. The number of amides is 2. The molecule has 0 fully saturated rings. The van der Waals surface area contributed by atoms with E-state index < -0.39 is 19.7 Å². The molecule has 2 amide bonds. The molecule has 64 heavy (non-hydrogen) atoms. The highest BCUT2D eigenvalue weighted by molar-refractivity contribution is 7.92. The van der Waals surface area contributed by atoms with Gasteiger partial charge in [-0.25, -0.2) is 16.8 Å². The van der Waals surface area contributed by atoms with Crippen LogP contribution in [0.5, 0.6) is 0 Å². The SMILES string of the molecule is CC(C)C(=O)C(C)C.CC(C)CS(=O)(=O)C(C)C.CC(C)CS(=O)(=O)C(C)C.CC(C)NC(=O)C(C)C.CC(C)NC(=O)C(C)C.CC(C)OC(=O)C(C)C.CC(C)OC(=O)C(C)C. The van der Waals surface area contributed by atoms with E-state index in [4.69, 9.17) is 9.47 Å². The number of sulfone groups is 2. The number of esters is 2. The molecule has 15 heteroatoms. The second-order valence-electron chi connectivity index (χ2n) is 20.2. The summed E-state index contributed by atoms with van der Waals surface area (Å²) in [6, 6.07) is 0.528. The third kappa shape index (κ3) is 57.5. The van der Waals surface area contributed by atoms with E-state index >= 15 is 0 Å². The molecule has 0 rings (SSSR count). The first-order valence-corrected chi connectivity index (χ1v) is 26.8. The lowest BCUT2D eigenvalue weighted by Crippen LogP contribution is -2.33. The van der Waals surface area contributed by atoms with Gasteiger partial charge in [-0.2, -0.15) is 0 Å². The van der Waals surface area contributed by atoms with Gasteiger partial charge in [-0.05, 0) is 94.9 Å². The monoisotopic (exact) mass is 961 g/mol. The maximum Gasteiger partial charge on any atom is 0.308 e. The van der Waals surface area contributed by atoms with E-state index in [0.29, 0.717) is 17.3 Å². The highest BCUT2D eigenvalue weighted by Gasteiger charge is 2.18. The summed E-state index contributed by atoms with van der Waals surface area (Å²) >= 11 is 0. The van der Waals surface area contributed by atoms with Gasteiger partial charge in [0.05, 0.1) is 46.0 Å². The van der Waals surface area contributed by atoms with Gasteiger partial charge in [0.15, 0.2) is 19.7 Å². The number of hydrogen-bond donors (Lipinski definition) is 2. The van der Waals surface area contributed by atoms with Crippen molar-refractivity contribution in [3.8, 4) is 0 Å². The van der Waals surface area contributed by atoms with Gasteiger partial charge < -0.3 is 20.1 Å². The quantitative estimate of drug-likeness (QED) is 0.140. The van der Waals surface area contributed by atoms with Crippen LogP contribution in [0.15, 0.2) is 0 Å². The molecule has 0 aliphatic heterocycles. The summed E-state index contributed by atoms with van der Waals surface area (Å²) in [4.78, 5) is 54.0. The Labute approximate surface area is 396 Å². The molecule has 0 bridgehead atoms. The van der Waals surface area contributed by atoms with Gasteiger partial charge in [-0.3, -0.25) is 24.0 Å². The Morgan fingerprint density at radius 2 is 0.578 bits per heavy atom. The first kappa shape index (κ1) is 75.7. The van der Waals surface area contributed by atoms with E-state index in [0.717, 1.165) is 0 Å². The Morgan fingerprint density at radius 1 is 0.359 bits per heavy atom. The summed E-state index contributed by atoms with van der Waals surface area (Å²) in [5, 5.41) is 5.15. The molecule has 388 valence electrons. The van der Waals surface area contributed by atoms with Gasteiger partial charge in [-0.15, -0.1) is 0 Å². The summed E-state index contributed by atoms with van der Waals surface area (Å²) in [6.07, 6.45) is 0.0276. The van der Waals surface area contributed by atoms with Crippen molar-refractivity contribution in [3.63, 3.8) is 0 Å². The first-order chi connectivity index (χ1) is 28.4. The van der Waals surface area contributed by atoms with Crippen LogP contribution in [-0.2, 0) is 53.1 Å². The van der Waals surface area contributed by atoms with Crippen LogP contribution >= 0.6 is 0 Å². The third-order valence-electron chi connectivity index (χ3n) is 7.26. The highest BCUT2D eigenvalue weighted by atomic mass is 32.2. The average Bonchev–Trinajstić information content (AvgIpc) is 3.07. The normalized spacial score (nSPS) is 11.3. The molecule has 2 N–H and O–H groups in total. The molecular weight excluding hydrogens is 857 g/mol. The standard InChI is InChI=1S/2C7H15NO.2C7H16O2S.2C7H14O2.C7H14O/c2*1-5(2)7(9)8-6(3)4;2*1-6(2)5-10(8,9)7(3)4;2*1-5(2)7(8)9-6(3)4;1-5(2)7(8)6(3)4/h2*5-6H,1-4H3,(H,8,9);2*6-7H,5H2,1-4H3;2*5-6H,1-4H3;5-6H,1-4H3. The van der Waals surface area contributed by atoms with E-state index in [1.165, 1.54) is 0 Å². The Balaban J connectivity index is -0.000000119. The third-order valence-corrected chi connectivity index (χ3v) is 12.4. The lowest BCUT2D eigenvalue weighted by Gasteiger charge is -2.09. The predicted octanol–water partition coefficient (Wildman–Crippen LogP) is 10.3. The average molecular weight is 962 g/mol. The van der Waals surface area contributed by atoms with E-state index in [2.05, 4.69) is 10.6 Å². The van der Waals surface area contributed by atoms with Crippen molar-refractivity contribution >= 4 is 49.2 Å². The molecular formula is C49H104N2O11S2. The number of carbonyl (C=O) groups excluding carboxylic acids is 5. The van der Waals surface area contributed by atoms with Crippen molar-refractivity contribution in [2.75, 3.05) is 11.5 Å². The fraction of sp³-hybridized carbons (Fsp3) is 0.898. The summed E-state index contributed by atoms with van der Waals surface area (Å²) < 4.78 is 54.3. The number of nitrogens with one attached hydrogen (secondary N) is 2. The molecule has 0 unspecified atom stereocenters. The van der Waals surface area contributed by atoms with E-state index in [9.17, 15) is 40.8 Å². The van der Waals surface area contributed by atoms with Crippen molar-refractivity contribution in [1.29, 1.82) is 0 Å². The second kappa shape index (κ2) is 40.7. The van der Waals surface area contributed by atoms with Crippen molar-refractivity contribution < 1.29 is 50.3 Å². The zero-order valence-electron chi connectivity index (χ0n) is 46.3. The van der Waals surface area contributed by atoms with Crippen LogP contribution in [0.3, 0.4) is 0 Å². The summed E-state index contributed by atoms with van der Waals surface area (Å²) in [6.45, 7) is 52.3. The molecule has 0 radical (unpaired) electrons. The Hall–Kier alpha value is -2.55. The number of hydrogen-bond acceptors (Lipinski definition) is 11. The minimum Gasteiger partial charge on any atom is -0.463 e. The highest BCUT2D eigenvalue weighted by Crippen LogP contribution is 2.07. The maximum atomic E-state index is 11.1. The van der Waals surface area contributed by atoms with Crippen molar-refractivity contribution in [2.45, 2.75) is 229 Å². The zero-order chi connectivity index (χ0) is 53.2. The van der Waals surface area contributed by atoms with Gasteiger partial charge >= 0.3 is 11.9 Å². The van der Waals surface area contributed by atoms with Crippen LogP contribution in [-0.4, -0.2) is 92.7 Å². The number of rotatable bonds is 16. The lowest BCUT2D eigenvalue weighted by atomic mass is 9.99. The molecule has 0 aliphatic rings. The van der Waals surface area contributed by atoms with Crippen molar-refractivity contribution in [1.82, 2.24) is 10.6 Å². The molecule has 0 atom stereocenters. The molecule has 0 saturated heterocycles. The van der Waals surface area contributed by atoms with Gasteiger partial charge in [-0.1, -0.05) is 111 Å². The summed E-state index contributed by atoms with van der Waals surface area (Å²) in [5.41, 5.74) is 0. The fourth-order valence-electron chi connectivity index (χ4n) is 3.62. The second-order valence-corrected chi connectivity index (χ2v) is 25.4. The van der Waals surface area contributed by atoms with E-state index in [1.807, 2.05) is 166 Å². The summed E-state index contributed by atoms with van der Waals surface area (Å²) in [7, 11) is -5.59. The topological polar surface area (TPSA) is 196 Å². The predicted molar refractivity (Wildman–Crippen MR) is 271 cm³/mol. The minimum absolute atomic E-state index is 0.00704. The molecule has 0 spiro atoms. The molecule has 0 heterocycles. The van der Waals surface area contributed by atoms with Crippen LogP contribution in [0.1, 0.15) is 194 Å². The minimum atomic E-state index is -2.80. The first-order valence-electron chi connectivity index (χ1n) is 23.4. The Bertz CT molecular complexity index is 1270. The van der Waals surface area contributed by atoms with Crippen LogP contribution in [0.4, 0.5) is 0 Å². The Kier molecular flexibility index (Phi) is 48.2. The van der Waals surface area contributed by atoms with Gasteiger partial charge in [0.25, 0.3) is 0 Å². The van der Waals surface area contributed by atoms with E-state index in [1.54, 1.807) is 27.7 Å². The Morgan fingerprint density at radius 3 is 0.625 bits per heavy atom. The molecule has 0 aromatic rings. The van der Waals surface area contributed by atoms with Gasteiger partial charge in [0.2, 0.25) is 11.8 Å². The molecule has 0 aromatic carbocycles. The van der Waals surface area contributed by atoms with Crippen LogP contribution in [0.25, 0.3) is 0 Å². The number of ketones is 1. The van der Waals surface area contributed by atoms with Gasteiger partial charge in [0.1, 0.15) is 5.78 Å². The van der Waals surface area contributed by atoms with E-state index in [-0.39, 0.29) is 106 Å². The largest absolute Gasteiger partial charge is 0.463 e. The number of ether oxygens (including phenoxy) is 2. The molecule has 13 nitrogen and oxygen atoms in total. The molecule has 0 aliphatic carbocycles. The smallest absolute Gasteiger partial charge is 0.308 e. The zero-order valence-corrected chi connectivity index (χ0v) is 47.9. The van der Waals surface area contributed by atoms with Gasteiger partial charge in [0, 0.05) is 35.8 Å². The van der Waals surface area contributed by atoms with Crippen LogP contribution < -0.4 is 10.6 Å². The molecule has 0 aromatic heterocycles. The van der Waals surface area contributed by atoms with Crippen LogP contribution in [0.2, 0.25) is 0 Å². The fourth-order valence-corrected chi connectivity index (χ4v) is 6.25. The summed E-state index contributed by atoms with van der Waals surface area (Å²) in [5.74, 6) is 2.08. The van der Waals surface area contributed by atoms with Crippen molar-refractivity contribution in [2.24, 2.45) is 47.3 Å². The van der Waals surface area contributed by atoms with Crippen molar-refractivity contribution in [3.05, 3.63) is 0 Å².